The largest absolute Gasteiger partial charge is 0.354 e. The molecule has 4 rings (SSSR count). The molecule has 0 atom stereocenters. The Hall–Kier alpha value is -3.26. The second-order valence-corrected chi connectivity index (χ2v) is 8.20. The Bertz CT molecular complexity index is 1290. The summed E-state index contributed by atoms with van der Waals surface area (Å²) in [5.41, 5.74) is 0.890. The molecule has 0 aliphatic heterocycles. The molecule has 1 N–H and O–H groups in total. The van der Waals surface area contributed by atoms with Gasteiger partial charge in [-0.15, -0.1) is 0 Å². The molecule has 3 aromatic rings. The third kappa shape index (κ3) is 4.80. The summed E-state index contributed by atoms with van der Waals surface area (Å²) in [7, 11) is 0. The first-order chi connectivity index (χ1) is 15.5. The summed E-state index contributed by atoms with van der Waals surface area (Å²) in [6.07, 6.45) is 10.4. The molecule has 2 aromatic heterocycles. The van der Waals surface area contributed by atoms with E-state index in [9.17, 15) is 14.4 Å². The first-order valence-electron chi connectivity index (χ1n) is 10.7. The van der Waals surface area contributed by atoms with Crippen LogP contribution >= 0.6 is 11.6 Å². The lowest BCUT2D eigenvalue weighted by molar-refractivity contribution is -0.121. The molecule has 1 aromatic carbocycles. The Morgan fingerprint density at radius 1 is 1.09 bits per heavy atom. The molecule has 0 saturated heterocycles. The minimum Gasteiger partial charge on any atom is -0.354 e. The molecule has 1 amide bonds. The van der Waals surface area contributed by atoms with Crippen LogP contribution in [0, 0.1) is 0 Å². The zero-order chi connectivity index (χ0) is 22.5. The van der Waals surface area contributed by atoms with Crippen LogP contribution in [-0.4, -0.2) is 31.6 Å². The van der Waals surface area contributed by atoms with Crippen LogP contribution < -0.4 is 16.6 Å². The molecule has 0 fully saturated rings. The highest BCUT2D eigenvalue weighted by Gasteiger charge is 2.18. The van der Waals surface area contributed by atoms with Gasteiger partial charge in [0.2, 0.25) is 5.91 Å². The molecular weight excluding hydrogens is 430 g/mol. The minimum atomic E-state index is -0.631. The lowest BCUT2D eigenvalue weighted by Crippen LogP contribution is -2.43. The number of rotatable bonds is 7. The Morgan fingerprint density at radius 3 is 2.69 bits per heavy atom. The second kappa shape index (κ2) is 9.91. The van der Waals surface area contributed by atoms with Crippen molar-refractivity contribution < 1.29 is 4.79 Å². The van der Waals surface area contributed by atoms with Crippen molar-refractivity contribution in [3.8, 4) is 0 Å². The van der Waals surface area contributed by atoms with E-state index in [-0.39, 0.29) is 30.2 Å². The van der Waals surface area contributed by atoms with E-state index in [1.807, 2.05) is 0 Å². The van der Waals surface area contributed by atoms with E-state index in [1.165, 1.54) is 35.4 Å². The zero-order valence-corrected chi connectivity index (χ0v) is 18.3. The summed E-state index contributed by atoms with van der Waals surface area (Å²) in [6.45, 7) is 0.220. The van der Waals surface area contributed by atoms with Crippen molar-refractivity contribution in [2.75, 3.05) is 6.54 Å². The van der Waals surface area contributed by atoms with Gasteiger partial charge >= 0.3 is 5.69 Å². The summed E-state index contributed by atoms with van der Waals surface area (Å²) in [5, 5.41) is 3.31. The van der Waals surface area contributed by atoms with E-state index >= 15 is 0 Å². The fourth-order valence-corrected chi connectivity index (χ4v) is 4.10. The number of hydrogen-bond donors (Lipinski definition) is 1. The summed E-state index contributed by atoms with van der Waals surface area (Å²) >= 11 is 6.22. The van der Waals surface area contributed by atoms with Gasteiger partial charge in [0.15, 0.2) is 11.2 Å². The first-order valence-corrected chi connectivity index (χ1v) is 11.0. The van der Waals surface area contributed by atoms with Gasteiger partial charge in [0, 0.05) is 24.0 Å². The molecule has 8 nitrogen and oxygen atoms in total. The Labute approximate surface area is 189 Å². The number of carbonyl (C=O) groups is 1. The maximum absolute atomic E-state index is 13.2. The van der Waals surface area contributed by atoms with Crippen LogP contribution in [0.3, 0.4) is 0 Å². The highest BCUT2D eigenvalue weighted by atomic mass is 35.5. The molecule has 32 heavy (non-hydrogen) atoms. The van der Waals surface area contributed by atoms with Crippen molar-refractivity contribution in [2.45, 2.75) is 45.2 Å². The van der Waals surface area contributed by atoms with Crippen LogP contribution in [0.25, 0.3) is 11.2 Å². The van der Waals surface area contributed by atoms with Crippen molar-refractivity contribution in [3.05, 3.63) is 79.7 Å². The molecule has 0 bridgehead atoms. The topological polar surface area (TPSA) is 98.9 Å². The molecular formula is C23H24ClN5O3. The predicted molar refractivity (Wildman–Crippen MR) is 123 cm³/mol. The first kappa shape index (κ1) is 22.0. The van der Waals surface area contributed by atoms with Gasteiger partial charge in [-0.3, -0.25) is 18.7 Å². The smallest absolute Gasteiger partial charge is 0.333 e. The van der Waals surface area contributed by atoms with E-state index < -0.39 is 11.2 Å². The summed E-state index contributed by atoms with van der Waals surface area (Å²) in [5.74, 6) is -0.321. The monoisotopic (exact) mass is 453 g/mol. The van der Waals surface area contributed by atoms with Crippen LogP contribution in [-0.2, 0) is 17.9 Å². The van der Waals surface area contributed by atoms with Gasteiger partial charge in [-0.2, -0.15) is 0 Å². The number of fused-ring (bicyclic) bond motifs is 1. The second-order valence-electron chi connectivity index (χ2n) is 7.79. The Morgan fingerprint density at radius 2 is 1.91 bits per heavy atom. The summed E-state index contributed by atoms with van der Waals surface area (Å²) in [6, 6.07) is 6.98. The number of halogens is 1. The number of carbonyl (C=O) groups excluding carboxylic acids is 1. The molecule has 2 heterocycles. The van der Waals surface area contributed by atoms with Gasteiger partial charge in [0.05, 0.1) is 6.54 Å². The molecule has 0 spiro atoms. The maximum Gasteiger partial charge on any atom is 0.333 e. The van der Waals surface area contributed by atoms with Gasteiger partial charge in [-0.25, -0.2) is 14.8 Å². The number of nitrogens with zero attached hydrogens (tertiary/aromatic N) is 4. The maximum atomic E-state index is 13.2. The van der Waals surface area contributed by atoms with E-state index in [0.29, 0.717) is 17.1 Å². The number of nitrogens with one attached hydrogen (secondary N) is 1. The fourth-order valence-electron chi connectivity index (χ4n) is 3.90. The van der Waals surface area contributed by atoms with Crippen molar-refractivity contribution >= 4 is 28.7 Å². The van der Waals surface area contributed by atoms with Gasteiger partial charge < -0.3 is 5.32 Å². The summed E-state index contributed by atoms with van der Waals surface area (Å²) < 4.78 is 2.23. The van der Waals surface area contributed by atoms with E-state index in [0.717, 1.165) is 23.8 Å². The molecule has 0 saturated carbocycles. The van der Waals surface area contributed by atoms with Crippen LogP contribution in [0.5, 0.6) is 0 Å². The highest BCUT2D eigenvalue weighted by Crippen LogP contribution is 2.19. The van der Waals surface area contributed by atoms with Crippen LogP contribution in [0.4, 0.5) is 0 Å². The fraction of sp³-hybridized carbons (Fsp3) is 0.348. The quantitative estimate of drug-likeness (QED) is 0.554. The number of aromatic nitrogens is 4. The van der Waals surface area contributed by atoms with E-state index in [2.05, 4.69) is 21.4 Å². The van der Waals surface area contributed by atoms with Crippen molar-refractivity contribution in [3.63, 3.8) is 0 Å². The van der Waals surface area contributed by atoms with Crippen LogP contribution in [0.1, 0.15) is 37.7 Å². The van der Waals surface area contributed by atoms with Crippen molar-refractivity contribution in [1.29, 1.82) is 0 Å². The molecule has 0 unspecified atom stereocenters. The number of allylic oxidation sites excluding steroid dienone is 1. The minimum absolute atomic E-state index is 0.0271. The molecule has 1 aliphatic carbocycles. The van der Waals surface area contributed by atoms with Crippen LogP contribution in [0.2, 0.25) is 5.02 Å². The Balaban J connectivity index is 1.61. The highest BCUT2D eigenvalue weighted by molar-refractivity contribution is 6.31. The van der Waals surface area contributed by atoms with Gasteiger partial charge in [-0.1, -0.05) is 41.4 Å². The Kier molecular flexibility index (Phi) is 6.80. The zero-order valence-electron chi connectivity index (χ0n) is 17.6. The van der Waals surface area contributed by atoms with Gasteiger partial charge in [0.25, 0.3) is 5.56 Å². The lowest BCUT2D eigenvalue weighted by Gasteiger charge is -2.15. The SMILES string of the molecule is O=C(Cn1c(=O)n(Cc2ccccc2Cl)c(=O)c2nccnc21)NCCC1=CCCCC1. The molecule has 1 aliphatic rings. The normalized spacial score (nSPS) is 13.7. The number of benzene rings is 1. The van der Waals surface area contributed by atoms with Crippen LogP contribution in [0.15, 0.2) is 57.9 Å². The predicted octanol–water partition coefficient (Wildman–Crippen LogP) is 2.66. The van der Waals surface area contributed by atoms with E-state index in [1.54, 1.807) is 24.3 Å². The molecule has 166 valence electrons. The molecule has 0 radical (unpaired) electrons. The third-order valence-electron chi connectivity index (χ3n) is 5.59. The number of hydrogen-bond acceptors (Lipinski definition) is 5. The van der Waals surface area contributed by atoms with Gasteiger partial charge in [0.1, 0.15) is 6.54 Å². The average molecular weight is 454 g/mol. The average Bonchev–Trinajstić information content (AvgIpc) is 2.81. The third-order valence-corrected chi connectivity index (χ3v) is 5.95. The van der Waals surface area contributed by atoms with Crippen molar-refractivity contribution in [1.82, 2.24) is 24.4 Å². The van der Waals surface area contributed by atoms with E-state index in [4.69, 9.17) is 11.6 Å². The summed E-state index contributed by atoms with van der Waals surface area (Å²) in [4.78, 5) is 47.0. The molecule has 9 heteroatoms. The van der Waals surface area contributed by atoms with Crippen molar-refractivity contribution in [2.24, 2.45) is 0 Å². The van der Waals surface area contributed by atoms with Gasteiger partial charge in [-0.05, 0) is 43.7 Å². The number of amides is 1. The standard InChI is InChI=1S/C23H24ClN5O3/c24-18-9-5-4-8-17(18)14-29-22(31)20-21(27-13-12-26-20)28(23(29)32)15-19(30)25-11-10-16-6-2-1-3-7-16/h4-6,8-9,12-13H,1-3,7,10-11,14-15H2,(H,25,30). The lowest BCUT2D eigenvalue weighted by atomic mass is 9.97.